The molecule has 2 aromatic rings. The van der Waals surface area contributed by atoms with Crippen molar-refractivity contribution in [2.45, 2.75) is 37.8 Å². The number of amides is 1. The number of ketones is 1. The Morgan fingerprint density at radius 3 is 2.43 bits per heavy atom. The van der Waals surface area contributed by atoms with E-state index in [1.807, 2.05) is 18.2 Å². The molecular formula is C24H25NO5. The van der Waals surface area contributed by atoms with Gasteiger partial charge in [0.2, 0.25) is 0 Å². The van der Waals surface area contributed by atoms with Crippen LogP contribution in [-0.4, -0.2) is 42.0 Å². The van der Waals surface area contributed by atoms with Gasteiger partial charge < -0.3 is 19.5 Å². The Morgan fingerprint density at radius 1 is 1.00 bits per heavy atom. The van der Waals surface area contributed by atoms with Gasteiger partial charge in [0, 0.05) is 17.2 Å². The molecule has 1 atom stereocenters. The smallest absolute Gasteiger partial charge is 0.295 e. The second kappa shape index (κ2) is 8.22. The summed E-state index contributed by atoms with van der Waals surface area (Å²) in [6.45, 7) is 0. The standard InChI is InChI=1S/C24H25NO5/c1-29-17-11-7-8-15(14-17)22(26)20-21(18-12-5-6-13-19(18)30-2)25(24(28)23(20)27)16-9-3-4-10-16/h5-8,11-14,16,21,26H,3-4,9-10H2,1-2H3/b22-20-. The molecule has 2 aliphatic rings. The summed E-state index contributed by atoms with van der Waals surface area (Å²) in [6, 6.07) is 13.4. The van der Waals surface area contributed by atoms with E-state index in [1.165, 1.54) is 7.11 Å². The van der Waals surface area contributed by atoms with Crippen molar-refractivity contribution < 1.29 is 24.2 Å². The van der Waals surface area contributed by atoms with Crippen LogP contribution in [0.25, 0.3) is 5.76 Å². The normalized spacial score (nSPS) is 21.3. The number of Topliss-reactive ketones (excluding diaryl/α,β-unsaturated/α-hetero) is 1. The van der Waals surface area contributed by atoms with Gasteiger partial charge in [-0.25, -0.2) is 0 Å². The molecule has 0 spiro atoms. The molecule has 1 aliphatic carbocycles. The summed E-state index contributed by atoms with van der Waals surface area (Å²) < 4.78 is 10.8. The summed E-state index contributed by atoms with van der Waals surface area (Å²) in [7, 11) is 3.09. The Labute approximate surface area is 175 Å². The molecule has 1 unspecified atom stereocenters. The Morgan fingerprint density at radius 2 is 1.73 bits per heavy atom. The molecule has 0 aromatic heterocycles. The minimum absolute atomic E-state index is 0.0352. The first-order valence-corrected chi connectivity index (χ1v) is 10.1. The lowest BCUT2D eigenvalue weighted by Crippen LogP contribution is -2.37. The first-order valence-electron chi connectivity index (χ1n) is 10.1. The minimum Gasteiger partial charge on any atom is -0.507 e. The number of ether oxygens (including phenoxy) is 2. The maximum Gasteiger partial charge on any atom is 0.295 e. The van der Waals surface area contributed by atoms with Crippen LogP contribution in [-0.2, 0) is 9.59 Å². The average Bonchev–Trinajstić information content (AvgIpc) is 3.40. The van der Waals surface area contributed by atoms with Crippen LogP contribution in [0.3, 0.4) is 0 Å². The summed E-state index contributed by atoms with van der Waals surface area (Å²) in [5.74, 6) is -0.314. The zero-order valence-electron chi connectivity index (χ0n) is 17.1. The van der Waals surface area contributed by atoms with Crippen molar-refractivity contribution in [2.75, 3.05) is 14.2 Å². The number of aliphatic hydroxyl groups is 1. The molecule has 1 saturated carbocycles. The van der Waals surface area contributed by atoms with Gasteiger partial charge in [-0.05, 0) is 31.0 Å². The second-order valence-electron chi connectivity index (χ2n) is 7.62. The number of hydrogen-bond acceptors (Lipinski definition) is 5. The largest absolute Gasteiger partial charge is 0.507 e. The van der Waals surface area contributed by atoms with Gasteiger partial charge in [0.05, 0.1) is 25.8 Å². The van der Waals surface area contributed by atoms with Gasteiger partial charge in [-0.15, -0.1) is 0 Å². The Kier molecular flexibility index (Phi) is 5.48. The maximum absolute atomic E-state index is 13.1. The number of nitrogens with zero attached hydrogens (tertiary/aromatic N) is 1. The van der Waals surface area contributed by atoms with Crippen molar-refractivity contribution >= 4 is 17.4 Å². The second-order valence-corrected chi connectivity index (χ2v) is 7.62. The third kappa shape index (κ3) is 3.32. The monoisotopic (exact) mass is 407 g/mol. The molecule has 1 N–H and O–H groups in total. The van der Waals surface area contributed by atoms with Crippen LogP contribution in [0.2, 0.25) is 0 Å². The van der Waals surface area contributed by atoms with Gasteiger partial charge in [0.25, 0.3) is 11.7 Å². The number of hydrogen-bond donors (Lipinski definition) is 1. The van der Waals surface area contributed by atoms with Crippen LogP contribution in [0, 0.1) is 0 Å². The van der Waals surface area contributed by atoms with Gasteiger partial charge in [0.1, 0.15) is 17.3 Å². The van der Waals surface area contributed by atoms with Crippen LogP contribution in [0.15, 0.2) is 54.1 Å². The molecule has 156 valence electrons. The molecule has 2 fully saturated rings. The number of para-hydroxylation sites is 1. The zero-order valence-corrected chi connectivity index (χ0v) is 17.1. The van der Waals surface area contributed by atoms with E-state index in [2.05, 4.69) is 0 Å². The molecule has 0 radical (unpaired) electrons. The summed E-state index contributed by atoms with van der Waals surface area (Å²) in [4.78, 5) is 27.9. The predicted molar refractivity (Wildman–Crippen MR) is 112 cm³/mol. The lowest BCUT2D eigenvalue weighted by Gasteiger charge is -2.31. The highest BCUT2D eigenvalue weighted by Gasteiger charge is 2.50. The van der Waals surface area contributed by atoms with Crippen molar-refractivity contribution in [3.8, 4) is 11.5 Å². The SMILES string of the molecule is COc1cccc(/C(O)=C2/C(=O)C(=O)N(C3CCCC3)C2c2ccccc2OC)c1. The van der Waals surface area contributed by atoms with Gasteiger partial charge >= 0.3 is 0 Å². The Bertz CT molecular complexity index is 1010. The molecule has 1 heterocycles. The third-order valence-electron chi connectivity index (χ3n) is 5.97. The molecule has 4 rings (SSSR count). The van der Waals surface area contributed by atoms with Crippen molar-refractivity contribution in [1.82, 2.24) is 4.90 Å². The highest BCUT2D eigenvalue weighted by Crippen LogP contribution is 2.45. The first kappa shape index (κ1) is 20.0. The highest BCUT2D eigenvalue weighted by atomic mass is 16.5. The average molecular weight is 407 g/mol. The number of aliphatic hydroxyl groups excluding tert-OH is 1. The number of carbonyl (C=O) groups is 2. The van der Waals surface area contributed by atoms with E-state index in [4.69, 9.17) is 9.47 Å². The fourth-order valence-electron chi connectivity index (χ4n) is 4.53. The number of likely N-dealkylation sites (tertiary alicyclic amines) is 1. The number of rotatable bonds is 5. The predicted octanol–water partition coefficient (Wildman–Crippen LogP) is 4.07. The van der Waals surface area contributed by atoms with E-state index in [0.717, 1.165) is 25.7 Å². The summed E-state index contributed by atoms with van der Waals surface area (Å²) in [5, 5.41) is 11.2. The van der Waals surface area contributed by atoms with Crippen LogP contribution in [0.1, 0.15) is 42.9 Å². The molecule has 0 bridgehead atoms. The van der Waals surface area contributed by atoms with Gasteiger partial charge in [0.15, 0.2) is 0 Å². The molecule has 2 aromatic carbocycles. The summed E-state index contributed by atoms with van der Waals surface area (Å²) >= 11 is 0. The molecule has 1 aliphatic heterocycles. The van der Waals surface area contributed by atoms with Crippen molar-refractivity contribution in [2.24, 2.45) is 0 Å². The Balaban J connectivity index is 1.92. The molecule has 6 heteroatoms. The lowest BCUT2D eigenvalue weighted by atomic mass is 9.94. The molecule has 1 saturated heterocycles. The van der Waals surface area contributed by atoms with E-state index in [1.54, 1.807) is 42.3 Å². The van der Waals surface area contributed by atoms with Crippen LogP contribution < -0.4 is 9.47 Å². The number of carbonyl (C=O) groups excluding carboxylic acids is 2. The topological polar surface area (TPSA) is 76.1 Å². The van der Waals surface area contributed by atoms with E-state index in [-0.39, 0.29) is 17.4 Å². The fourth-order valence-corrected chi connectivity index (χ4v) is 4.53. The van der Waals surface area contributed by atoms with Gasteiger partial charge in [-0.2, -0.15) is 0 Å². The Hall–Kier alpha value is -3.28. The first-order chi connectivity index (χ1) is 14.6. The van der Waals surface area contributed by atoms with Gasteiger partial charge in [-0.3, -0.25) is 9.59 Å². The number of benzene rings is 2. The van der Waals surface area contributed by atoms with Gasteiger partial charge in [-0.1, -0.05) is 43.2 Å². The maximum atomic E-state index is 13.1. The van der Waals surface area contributed by atoms with E-state index in [9.17, 15) is 14.7 Å². The van der Waals surface area contributed by atoms with E-state index in [0.29, 0.717) is 22.6 Å². The van der Waals surface area contributed by atoms with E-state index < -0.39 is 17.7 Å². The number of methoxy groups -OCH3 is 2. The third-order valence-corrected chi connectivity index (χ3v) is 5.97. The van der Waals surface area contributed by atoms with Crippen molar-refractivity contribution in [3.63, 3.8) is 0 Å². The molecule has 1 amide bonds. The lowest BCUT2D eigenvalue weighted by molar-refractivity contribution is -0.141. The minimum atomic E-state index is -0.699. The van der Waals surface area contributed by atoms with Crippen LogP contribution >= 0.6 is 0 Å². The summed E-state index contributed by atoms with van der Waals surface area (Å²) in [5.41, 5.74) is 1.21. The van der Waals surface area contributed by atoms with E-state index >= 15 is 0 Å². The zero-order chi connectivity index (χ0) is 21.3. The quantitative estimate of drug-likeness (QED) is 0.459. The van der Waals surface area contributed by atoms with Crippen LogP contribution in [0.4, 0.5) is 0 Å². The summed E-state index contributed by atoms with van der Waals surface area (Å²) in [6.07, 6.45) is 3.72. The van der Waals surface area contributed by atoms with Crippen molar-refractivity contribution in [1.29, 1.82) is 0 Å². The molecular weight excluding hydrogens is 382 g/mol. The molecule has 30 heavy (non-hydrogen) atoms. The van der Waals surface area contributed by atoms with Crippen LogP contribution in [0.5, 0.6) is 11.5 Å². The van der Waals surface area contributed by atoms with Crippen molar-refractivity contribution in [3.05, 3.63) is 65.2 Å². The highest BCUT2D eigenvalue weighted by molar-refractivity contribution is 6.46. The fraction of sp³-hybridized carbons (Fsp3) is 0.333. The molecule has 6 nitrogen and oxygen atoms in total.